The fourth-order valence-corrected chi connectivity index (χ4v) is 4.34. The molecule has 0 unspecified atom stereocenters. The predicted octanol–water partition coefficient (Wildman–Crippen LogP) is 7.50. The number of aliphatic hydroxyl groups is 1. The lowest BCUT2D eigenvalue weighted by Crippen LogP contribution is -2.24. The molecule has 57 heavy (non-hydrogen) atoms. The van der Waals surface area contributed by atoms with Gasteiger partial charge in [-0.3, -0.25) is 9.59 Å². The molecule has 4 aromatic rings. The van der Waals surface area contributed by atoms with Gasteiger partial charge >= 0.3 is 30.3 Å². The van der Waals surface area contributed by atoms with E-state index in [-0.39, 0.29) is 66.4 Å². The van der Waals surface area contributed by atoms with Gasteiger partial charge in [0.2, 0.25) is 16.9 Å². The molecule has 0 aliphatic carbocycles. The minimum atomic E-state index is -4.63. The van der Waals surface area contributed by atoms with Crippen LogP contribution in [0.2, 0.25) is 5.28 Å². The van der Waals surface area contributed by atoms with Gasteiger partial charge in [-0.25, -0.2) is 34.9 Å². The highest BCUT2D eigenvalue weighted by molar-refractivity contribution is 6.28. The molecule has 1 N–H and O–H groups in total. The molecule has 0 saturated heterocycles. The molecule has 0 aliphatic rings. The molecule has 0 bridgehead atoms. The Morgan fingerprint density at radius 1 is 0.649 bits per heavy atom. The Morgan fingerprint density at radius 2 is 1.02 bits per heavy atom. The molecular weight excluding hydrogens is 790 g/mol. The molecule has 0 aliphatic heterocycles. The minimum Gasteiger partial charge on any atom is -0.464 e. The van der Waals surface area contributed by atoms with Gasteiger partial charge in [0.05, 0.1) is 30.8 Å². The van der Waals surface area contributed by atoms with Crippen LogP contribution >= 0.6 is 11.6 Å². The van der Waals surface area contributed by atoms with Crippen LogP contribution in [0, 0.1) is 0 Å². The van der Waals surface area contributed by atoms with E-state index in [0.717, 1.165) is 24.8 Å². The fraction of sp³-hybridized carbons (Fsp3) is 0.500. The fourth-order valence-electron chi connectivity index (χ4n) is 4.14. The van der Waals surface area contributed by atoms with Crippen LogP contribution in [0.25, 0.3) is 22.5 Å². The largest absolute Gasteiger partial charge is 0.464 e. The third-order valence-corrected chi connectivity index (χ3v) is 6.37. The summed E-state index contributed by atoms with van der Waals surface area (Å²) in [4.78, 5) is 53.3. The maximum atomic E-state index is 12.6. The third kappa shape index (κ3) is 18.1. The molecule has 0 atom stereocenters. The molecule has 4 aromatic heterocycles. The maximum absolute atomic E-state index is 12.6. The Balaban J connectivity index is 0.000000369. The summed E-state index contributed by atoms with van der Waals surface area (Å²) in [6.45, 7) is 14.6. The molecule has 0 aromatic carbocycles. The summed E-state index contributed by atoms with van der Waals surface area (Å²) in [5.41, 5.74) is 0.829. The molecule has 21 heteroatoms. The Bertz CT molecular complexity index is 1900. The first kappa shape index (κ1) is 48.0. The van der Waals surface area contributed by atoms with Crippen molar-refractivity contribution in [3.8, 4) is 28.5 Å². The average Bonchev–Trinajstić information content (AvgIpc) is 3.08. The van der Waals surface area contributed by atoms with E-state index in [1.807, 2.05) is 0 Å². The highest BCUT2D eigenvalue weighted by Gasteiger charge is 2.35. The number of aryl methyl sites for hydroxylation is 2. The minimum absolute atomic E-state index is 0.0547. The second-order valence-corrected chi connectivity index (χ2v) is 13.9. The Labute approximate surface area is 329 Å². The van der Waals surface area contributed by atoms with E-state index >= 15 is 0 Å². The number of alkyl halides is 6. The number of aromatic nitrogens is 8. The van der Waals surface area contributed by atoms with Crippen LogP contribution < -0.4 is 4.74 Å². The number of aliphatic hydroxyl groups excluding tert-OH is 1. The number of rotatable bonds is 10. The second kappa shape index (κ2) is 20.9. The third-order valence-electron chi connectivity index (χ3n) is 6.20. The van der Waals surface area contributed by atoms with Gasteiger partial charge in [-0.05, 0) is 79.1 Å². The van der Waals surface area contributed by atoms with E-state index in [1.165, 1.54) is 6.07 Å². The summed E-state index contributed by atoms with van der Waals surface area (Å²) >= 11 is 5.87. The number of hydrogen-bond donors (Lipinski definition) is 1. The maximum Gasteiger partial charge on any atom is 0.451 e. The number of esters is 2. The number of carbonyl (C=O) groups is 2. The van der Waals surface area contributed by atoms with E-state index in [9.17, 15) is 35.9 Å². The van der Waals surface area contributed by atoms with Gasteiger partial charge in [-0.2, -0.15) is 31.3 Å². The molecule has 14 nitrogen and oxygen atoms in total. The van der Waals surface area contributed by atoms with Crippen LogP contribution in [0.1, 0.15) is 91.3 Å². The molecular formula is C36H43ClF6N8O6. The van der Waals surface area contributed by atoms with Crippen molar-refractivity contribution < 1.29 is 55.2 Å². The van der Waals surface area contributed by atoms with Crippen LogP contribution in [-0.2, 0) is 44.3 Å². The van der Waals surface area contributed by atoms with Crippen molar-refractivity contribution in [2.75, 3.05) is 13.2 Å². The van der Waals surface area contributed by atoms with Crippen molar-refractivity contribution in [2.24, 2.45) is 0 Å². The van der Waals surface area contributed by atoms with Crippen molar-refractivity contribution in [2.45, 2.75) is 105 Å². The Morgan fingerprint density at radius 3 is 1.37 bits per heavy atom. The van der Waals surface area contributed by atoms with Gasteiger partial charge in [0.1, 0.15) is 11.2 Å². The van der Waals surface area contributed by atoms with Gasteiger partial charge in [-0.1, -0.05) is 0 Å². The van der Waals surface area contributed by atoms with E-state index in [1.54, 1.807) is 61.5 Å². The summed E-state index contributed by atoms with van der Waals surface area (Å²) < 4.78 is 91.3. The van der Waals surface area contributed by atoms with Gasteiger partial charge in [0.15, 0.2) is 0 Å². The SMILES string of the molecule is CC(C)(C)OC(=O)CCc1cc(-c2cnc(C(F)(F)F)nc2)nc(Cl)n1.CCO.CCOc1nc(CCC(=O)OC(C)(C)C)cc(-c2cnc(C(F)(F)F)nc2)n1. The van der Waals surface area contributed by atoms with E-state index in [2.05, 4.69) is 39.9 Å². The highest BCUT2D eigenvalue weighted by atomic mass is 35.5. The highest BCUT2D eigenvalue weighted by Crippen LogP contribution is 2.28. The van der Waals surface area contributed by atoms with E-state index < -0.39 is 41.2 Å². The molecule has 4 rings (SSSR count). The van der Waals surface area contributed by atoms with E-state index in [4.69, 9.17) is 30.9 Å². The van der Waals surface area contributed by atoms with Crippen molar-refractivity contribution in [1.82, 2.24) is 39.9 Å². The van der Waals surface area contributed by atoms with Crippen LogP contribution in [-0.4, -0.2) is 81.3 Å². The molecule has 0 fully saturated rings. The zero-order valence-electron chi connectivity index (χ0n) is 32.4. The first-order valence-corrected chi connectivity index (χ1v) is 17.6. The molecule has 0 spiro atoms. The van der Waals surface area contributed by atoms with Crippen molar-refractivity contribution >= 4 is 23.5 Å². The predicted molar refractivity (Wildman–Crippen MR) is 193 cm³/mol. The van der Waals surface area contributed by atoms with Crippen LogP contribution in [0.5, 0.6) is 6.01 Å². The topological polar surface area (TPSA) is 185 Å². The lowest BCUT2D eigenvalue weighted by molar-refractivity contribution is -0.155. The number of ether oxygens (including phenoxy) is 3. The standard InChI is InChI=1S/C18H21F3N4O3.C16H16ClF3N4O2.C2H6O/c1-5-27-16-24-12(6-7-14(26)28-17(2,3)4)8-13(25-16)11-9-22-15(23-10-11)18(19,20)21;1-15(2,3)26-12(25)5-4-10-6-11(24-14(17)23-10)9-7-21-13(22-8-9)16(18,19)20;1-2-3/h8-10H,5-7H2,1-4H3;6-8H,4-5H2,1-3H3;3H,2H2,1H3. The van der Waals surface area contributed by atoms with Crippen molar-refractivity contribution in [1.29, 1.82) is 0 Å². The molecule has 312 valence electrons. The first-order valence-electron chi connectivity index (χ1n) is 17.2. The number of nitrogens with zero attached hydrogens (tertiary/aromatic N) is 8. The van der Waals surface area contributed by atoms with Crippen molar-refractivity contribution in [3.05, 3.63) is 65.2 Å². The quantitative estimate of drug-likeness (QED) is 0.0941. The average molecular weight is 833 g/mol. The monoisotopic (exact) mass is 832 g/mol. The lowest BCUT2D eigenvalue weighted by Gasteiger charge is -2.19. The zero-order valence-corrected chi connectivity index (χ0v) is 33.2. The summed E-state index contributed by atoms with van der Waals surface area (Å²) in [7, 11) is 0. The Kier molecular flexibility index (Phi) is 17.6. The second-order valence-electron chi connectivity index (χ2n) is 13.5. The summed E-state index contributed by atoms with van der Waals surface area (Å²) in [5, 5.41) is 7.47. The molecule has 0 saturated carbocycles. The number of halogens is 7. The molecule has 0 amide bonds. The first-order chi connectivity index (χ1) is 26.3. The van der Waals surface area contributed by atoms with Crippen LogP contribution in [0.15, 0.2) is 36.9 Å². The molecule has 4 heterocycles. The van der Waals surface area contributed by atoms with Gasteiger partial charge in [-0.15, -0.1) is 0 Å². The smallest absolute Gasteiger partial charge is 0.451 e. The number of hydrogen-bond acceptors (Lipinski definition) is 14. The van der Waals surface area contributed by atoms with Crippen molar-refractivity contribution in [3.63, 3.8) is 0 Å². The normalized spacial score (nSPS) is 11.7. The number of carbonyl (C=O) groups excluding carboxylic acids is 2. The zero-order chi connectivity index (χ0) is 43.2. The van der Waals surface area contributed by atoms with Gasteiger partial charge < -0.3 is 19.3 Å². The van der Waals surface area contributed by atoms with Gasteiger partial charge in [0, 0.05) is 66.8 Å². The Hall–Kier alpha value is -5.11. The van der Waals surface area contributed by atoms with E-state index in [0.29, 0.717) is 23.7 Å². The lowest BCUT2D eigenvalue weighted by atomic mass is 10.1. The summed E-state index contributed by atoms with van der Waals surface area (Å²) in [5.74, 6) is -3.26. The van der Waals surface area contributed by atoms with Crippen LogP contribution in [0.4, 0.5) is 26.3 Å². The summed E-state index contributed by atoms with van der Waals surface area (Å²) in [6, 6.07) is 3.13. The van der Waals surface area contributed by atoms with Crippen LogP contribution in [0.3, 0.4) is 0 Å². The molecule has 0 radical (unpaired) electrons. The van der Waals surface area contributed by atoms with Gasteiger partial charge in [0.25, 0.3) is 0 Å². The summed E-state index contributed by atoms with van der Waals surface area (Å²) in [6.07, 6.45) is -4.51.